The molecular weight excluding hydrogens is 556 g/mol. The number of amides is 2. The molecule has 0 spiro atoms. The highest BCUT2D eigenvalue weighted by Gasteiger charge is 2.23. The van der Waals surface area contributed by atoms with Gasteiger partial charge in [0.2, 0.25) is 11.9 Å². The zero-order chi connectivity index (χ0) is 29.1. The first-order chi connectivity index (χ1) is 19.1. The van der Waals surface area contributed by atoms with Crippen molar-refractivity contribution < 1.29 is 23.2 Å². The van der Waals surface area contributed by atoms with E-state index in [0.717, 1.165) is 19.3 Å². The lowest BCUT2D eigenvalue weighted by atomic mass is 10.1. The van der Waals surface area contributed by atoms with Gasteiger partial charge in [0.05, 0.1) is 22.0 Å². The number of hydrogen-bond acceptors (Lipinski definition) is 9. The monoisotopic (exact) mass is 588 g/mol. The topological polar surface area (TPSA) is 162 Å². The number of rotatable bonds is 14. The van der Waals surface area contributed by atoms with E-state index >= 15 is 0 Å². The molecule has 1 aromatic heterocycles. The lowest BCUT2D eigenvalue weighted by Gasteiger charge is -2.15. The van der Waals surface area contributed by atoms with Crippen LogP contribution in [0, 0.1) is 0 Å². The molecule has 0 saturated heterocycles. The zero-order valence-corrected chi connectivity index (χ0v) is 23.8. The Kier molecular flexibility index (Phi) is 11.2. The number of carbonyl (C=O) groups is 2. The summed E-state index contributed by atoms with van der Waals surface area (Å²) in [5.41, 5.74) is 2.98. The van der Waals surface area contributed by atoms with Crippen molar-refractivity contribution in [3.05, 3.63) is 65.3 Å². The molecule has 214 valence electrons. The zero-order valence-electron chi connectivity index (χ0n) is 22.3. The van der Waals surface area contributed by atoms with E-state index in [1.54, 1.807) is 61.8 Å². The van der Waals surface area contributed by atoms with Gasteiger partial charge in [-0.1, -0.05) is 42.6 Å². The van der Waals surface area contributed by atoms with Gasteiger partial charge in [0, 0.05) is 24.2 Å². The summed E-state index contributed by atoms with van der Waals surface area (Å²) in [6.45, 7) is 3.72. The molecule has 0 radical (unpaired) electrons. The Morgan fingerprint density at radius 3 is 2.50 bits per heavy atom. The minimum absolute atomic E-state index is 0.141. The number of sulfone groups is 1. The summed E-state index contributed by atoms with van der Waals surface area (Å²) in [4.78, 5) is 32.3. The predicted molar refractivity (Wildman–Crippen MR) is 154 cm³/mol. The van der Waals surface area contributed by atoms with Crippen LogP contribution in [-0.4, -0.2) is 47.2 Å². The van der Waals surface area contributed by atoms with E-state index in [-0.39, 0.29) is 34.0 Å². The molecule has 0 unspecified atom stereocenters. The number of anilines is 4. The summed E-state index contributed by atoms with van der Waals surface area (Å²) in [7, 11) is -3.55. The van der Waals surface area contributed by atoms with Crippen LogP contribution in [0.3, 0.4) is 0 Å². The maximum Gasteiger partial charge on any atom is 0.251 e. The number of benzene rings is 2. The number of hydrogen-bond donors (Lipinski definition) is 5. The Morgan fingerprint density at radius 1 is 1.00 bits per heavy atom. The first-order valence-corrected chi connectivity index (χ1v) is 14.7. The quantitative estimate of drug-likeness (QED) is 0.0992. The molecule has 0 atom stereocenters. The molecule has 3 aromatic rings. The van der Waals surface area contributed by atoms with Crippen molar-refractivity contribution in [2.24, 2.45) is 0 Å². The SMILES string of the molecule is CC(C)S(=O)(=O)c1ccccc1Nc1nc(Nc2cccc(C(=O)NCCCCCCC(=O)NO)c2)ncc1Cl. The van der Waals surface area contributed by atoms with Crippen LogP contribution in [0.1, 0.15) is 56.3 Å². The van der Waals surface area contributed by atoms with Crippen molar-refractivity contribution in [1.29, 1.82) is 0 Å². The van der Waals surface area contributed by atoms with Crippen LogP contribution in [0.15, 0.2) is 59.6 Å². The van der Waals surface area contributed by atoms with Crippen LogP contribution >= 0.6 is 11.6 Å². The van der Waals surface area contributed by atoms with Crippen molar-refractivity contribution in [2.45, 2.75) is 56.1 Å². The predicted octanol–water partition coefficient (Wildman–Crippen LogP) is 4.99. The third-order valence-corrected chi connectivity index (χ3v) is 8.42. The Balaban J connectivity index is 1.62. The minimum atomic E-state index is -3.55. The summed E-state index contributed by atoms with van der Waals surface area (Å²) in [6, 6.07) is 13.4. The van der Waals surface area contributed by atoms with Gasteiger partial charge in [-0.25, -0.2) is 18.9 Å². The van der Waals surface area contributed by atoms with E-state index < -0.39 is 21.0 Å². The second-order valence-electron chi connectivity index (χ2n) is 9.27. The maximum atomic E-state index is 12.8. The fourth-order valence-corrected chi connectivity index (χ4v) is 5.05. The molecule has 2 aromatic carbocycles. The number of aromatic nitrogens is 2. The minimum Gasteiger partial charge on any atom is -0.352 e. The van der Waals surface area contributed by atoms with Gasteiger partial charge in [0.25, 0.3) is 5.91 Å². The van der Waals surface area contributed by atoms with Gasteiger partial charge in [0.1, 0.15) is 5.02 Å². The van der Waals surface area contributed by atoms with E-state index in [0.29, 0.717) is 29.9 Å². The van der Waals surface area contributed by atoms with Crippen LogP contribution in [0.25, 0.3) is 0 Å². The molecule has 1 heterocycles. The average Bonchev–Trinajstić information content (AvgIpc) is 2.94. The number of nitrogens with zero attached hydrogens (tertiary/aromatic N) is 2. The third-order valence-electron chi connectivity index (χ3n) is 5.93. The summed E-state index contributed by atoms with van der Waals surface area (Å²) >= 11 is 6.31. The molecule has 0 fully saturated rings. The maximum absolute atomic E-state index is 12.8. The molecule has 0 aliphatic carbocycles. The van der Waals surface area contributed by atoms with E-state index in [1.165, 1.54) is 12.3 Å². The van der Waals surface area contributed by atoms with E-state index in [2.05, 4.69) is 25.9 Å². The van der Waals surface area contributed by atoms with Crippen molar-refractivity contribution >= 4 is 56.4 Å². The van der Waals surface area contributed by atoms with Crippen LogP contribution in [-0.2, 0) is 14.6 Å². The summed E-state index contributed by atoms with van der Waals surface area (Å²) in [6.07, 6.45) is 4.76. The highest BCUT2D eigenvalue weighted by Crippen LogP contribution is 2.30. The normalized spacial score (nSPS) is 11.2. The van der Waals surface area contributed by atoms with Gasteiger partial charge in [0.15, 0.2) is 15.7 Å². The molecule has 40 heavy (non-hydrogen) atoms. The summed E-state index contributed by atoms with van der Waals surface area (Å²) in [5, 5.41) is 17.0. The molecule has 2 amide bonds. The number of unbranched alkanes of at least 4 members (excludes halogenated alkanes) is 3. The lowest BCUT2D eigenvalue weighted by molar-refractivity contribution is -0.129. The smallest absolute Gasteiger partial charge is 0.251 e. The first kappa shape index (κ1) is 30.8. The fraction of sp³-hybridized carbons (Fsp3) is 0.333. The third kappa shape index (κ3) is 8.63. The van der Waals surface area contributed by atoms with E-state index in [1.807, 2.05) is 0 Å². The number of nitrogens with one attached hydrogen (secondary N) is 4. The highest BCUT2D eigenvalue weighted by atomic mass is 35.5. The van der Waals surface area contributed by atoms with E-state index in [4.69, 9.17) is 16.8 Å². The number of para-hydroxylation sites is 1. The van der Waals surface area contributed by atoms with Crippen molar-refractivity contribution in [1.82, 2.24) is 20.8 Å². The average molecular weight is 589 g/mol. The molecule has 0 bridgehead atoms. The van der Waals surface area contributed by atoms with Crippen LogP contribution in [0.5, 0.6) is 0 Å². The lowest BCUT2D eigenvalue weighted by Crippen LogP contribution is -2.24. The van der Waals surface area contributed by atoms with E-state index in [9.17, 15) is 18.0 Å². The molecule has 0 aliphatic rings. The Bertz CT molecular complexity index is 1430. The molecular formula is C27H33ClN6O5S. The fourth-order valence-electron chi connectivity index (χ4n) is 3.71. The van der Waals surface area contributed by atoms with Gasteiger partial charge in [-0.2, -0.15) is 4.98 Å². The van der Waals surface area contributed by atoms with Crippen molar-refractivity contribution in [3.8, 4) is 0 Å². The molecule has 0 saturated carbocycles. The van der Waals surface area contributed by atoms with Gasteiger partial charge < -0.3 is 16.0 Å². The second-order valence-corrected chi connectivity index (χ2v) is 12.1. The second kappa shape index (κ2) is 14.6. The van der Waals surface area contributed by atoms with Gasteiger partial charge >= 0.3 is 0 Å². The summed E-state index contributed by atoms with van der Waals surface area (Å²) < 4.78 is 25.6. The number of halogens is 1. The Hall–Kier alpha value is -3.74. The van der Waals surface area contributed by atoms with Crippen LogP contribution in [0.4, 0.5) is 23.1 Å². The molecule has 5 N–H and O–H groups in total. The number of carbonyl (C=O) groups excluding carboxylic acids is 2. The van der Waals surface area contributed by atoms with Gasteiger partial charge in [-0.15, -0.1) is 0 Å². The number of hydroxylamine groups is 1. The summed E-state index contributed by atoms with van der Waals surface area (Å²) in [5.74, 6) is -0.216. The van der Waals surface area contributed by atoms with Crippen molar-refractivity contribution in [2.75, 3.05) is 17.2 Å². The van der Waals surface area contributed by atoms with Gasteiger partial charge in [-0.05, 0) is 57.0 Å². The van der Waals surface area contributed by atoms with Crippen molar-refractivity contribution in [3.63, 3.8) is 0 Å². The van der Waals surface area contributed by atoms with Crippen LogP contribution < -0.4 is 21.4 Å². The highest BCUT2D eigenvalue weighted by molar-refractivity contribution is 7.92. The largest absolute Gasteiger partial charge is 0.352 e. The van der Waals surface area contributed by atoms with Gasteiger partial charge in [-0.3, -0.25) is 14.8 Å². The molecule has 13 heteroatoms. The first-order valence-electron chi connectivity index (χ1n) is 12.8. The molecule has 3 rings (SSSR count). The standard InChI is InChI=1S/C27H33ClN6O5S/c1-18(2)40(38,39)23-13-7-6-12-22(23)32-25-21(28)17-30-27(33-25)31-20-11-9-10-19(16-20)26(36)29-15-8-4-3-5-14-24(35)34-37/h6-7,9-13,16-18,37H,3-5,8,14-15H2,1-2H3,(H,29,36)(H,34,35)(H2,30,31,32,33). The Morgan fingerprint density at radius 2 is 1.75 bits per heavy atom. The molecule has 11 nitrogen and oxygen atoms in total. The van der Waals surface area contributed by atoms with Crippen LogP contribution in [0.2, 0.25) is 5.02 Å². The Labute approximate surface area is 238 Å². The molecule has 0 aliphatic heterocycles.